The van der Waals surface area contributed by atoms with Crippen molar-refractivity contribution in [2.24, 2.45) is 0 Å². The second kappa shape index (κ2) is 7.59. The van der Waals surface area contributed by atoms with Crippen LogP contribution in [0.15, 0.2) is 40.9 Å². The summed E-state index contributed by atoms with van der Waals surface area (Å²) in [5.41, 5.74) is 1.64. The summed E-state index contributed by atoms with van der Waals surface area (Å²) >= 11 is 0. The molecule has 0 spiro atoms. The van der Waals surface area contributed by atoms with Crippen LogP contribution in [0.25, 0.3) is 0 Å². The van der Waals surface area contributed by atoms with Gasteiger partial charge in [0, 0.05) is 19.0 Å². The zero-order valence-electron chi connectivity index (χ0n) is 15.2. The van der Waals surface area contributed by atoms with E-state index in [4.69, 9.17) is 9.26 Å². The number of likely N-dealkylation sites (N-methyl/N-ethyl adjacent to an activating group) is 1. The molecule has 0 aliphatic carbocycles. The van der Waals surface area contributed by atoms with Crippen molar-refractivity contribution in [3.8, 4) is 0 Å². The fraction of sp³-hybridized carbons (Fsp3) is 0.421. The van der Waals surface area contributed by atoms with Gasteiger partial charge in [0.1, 0.15) is 24.6 Å². The molecule has 1 saturated heterocycles. The molecule has 1 atom stereocenters. The summed E-state index contributed by atoms with van der Waals surface area (Å²) in [7, 11) is 1.69. The summed E-state index contributed by atoms with van der Waals surface area (Å²) in [5, 5.41) is 3.99. The molecule has 0 saturated carbocycles. The van der Waals surface area contributed by atoms with Gasteiger partial charge in [0.05, 0.1) is 12.6 Å². The van der Waals surface area contributed by atoms with Gasteiger partial charge in [-0.15, -0.1) is 0 Å². The lowest BCUT2D eigenvalue weighted by Crippen LogP contribution is -2.39. The molecule has 7 heteroatoms. The van der Waals surface area contributed by atoms with Crippen molar-refractivity contribution in [3.05, 3.63) is 53.4 Å². The molecule has 2 amide bonds. The fourth-order valence-corrected chi connectivity index (χ4v) is 2.85. The summed E-state index contributed by atoms with van der Waals surface area (Å²) in [6.07, 6.45) is -0.468. The van der Waals surface area contributed by atoms with Crippen molar-refractivity contribution >= 4 is 12.0 Å². The summed E-state index contributed by atoms with van der Waals surface area (Å²) in [6, 6.07) is 11.2. The molecule has 2 heterocycles. The molecule has 1 aliphatic heterocycles. The van der Waals surface area contributed by atoms with Crippen LogP contribution in [0, 0.1) is 0 Å². The first-order valence-electron chi connectivity index (χ1n) is 8.63. The predicted octanol–water partition coefficient (Wildman–Crippen LogP) is 2.95. The Kier molecular flexibility index (Phi) is 5.25. The average molecular weight is 357 g/mol. The molecule has 1 aromatic heterocycles. The second-order valence-electron chi connectivity index (χ2n) is 6.76. The maximum Gasteiger partial charge on any atom is 0.410 e. The van der Waals surface area contributed by atoms with Gasteiger partial charge in [0.25, 0.3) is 0 Å². The van der Waals surface area contributed by atoms with E-state index in [1.54, 1.807) is 7.05 Å². The van der Waals surface area contributed by atoms with Gasteiger partial charge < -0.3 is 14.2 Å². The number of ether oxygens (including phenoxy) is 1. The Morgan fingerprint density at radius 3 is 2.73 bits per heavy atom. The summed E-state index contributed by atoms with van der Waals surface area (Å²) in [5.74, 6) is 0.843. The van der Waals surface area contributed by atoms with E-state index in [1.807, 2.05) is 50.2 Å². The highest BCUT2D eigenvalue weighted by Crippen LogP contribution is 2.27. The Labute approximate surface area is 152 Å². The summed E-state index contributed by atoms with van der Waals surface area (Å²) in [6.45, 7) is 4.57. The molecule has 1 aliphatic rings. The molecule has 0 unspecified atom stereocenters. The van der Waals surface area contributed by atoms with E-state index < -0.39 is 6.09 Å². The molecular formula is C19H23N3O4. The SMILES string of the molecule is CC(C)c1cc(CN(C)C(=O)CN2C(=O)OC[C@@H]2c2ccccc2)no1. The summed E-state index contributed by atoms with van der Waals surface area (Å²) < 4.78 is 10.4. The standard InChI is InChI=1S/C19H23N3O4/c1-13(2)17-9-15(20-26-17)10-21(3)18(23)11-22-16(12-25-19(22)24)14-7-5-4-6-8-14/h4-9,13,16H,10-12H2,1-3H3/t16-/m1/s1. The number of carbonyl (C=O) groups excluding carboxylic acids is 2. The van der Waals surface area contributed by atoms with Gasteiger partial charge in [0.2, 0.25) is 5.91 Å². The quantitative estimate of drug-likeness (QED) is 0.794. The second-order valence-corrected chi connectivity index (χ2v) is 6.76. The third-order valence-corrected chi connectivity index (χ3v) is 4.44. The van der Waals surface area contributed by atoms with E-state index in [0.29, 0.717) is 12.2 Å². The van der Waals surface area contributed by atoms with Gasteiger partial charge in [-0.3, -0.25) is 9.69 Å². The number of cyclic esters (lactones) is 1. The molecule has 1 fully saturated rings. The lowest BCUT2D eigenvalue weighted by Gasteiger charge is -2.24. The topological polar surface area (TPSA) is 75.9 Å². The number of nitrogens with zero attached hydrogens (tertiary/aromatic N) is 3. The highest BCUT2D eigenvalue weighted by Gasteiger charge is 2.35. The van der Waals surface area contributed by atoms with Gasteiger partial charge in [-0.05, 0) is 5.56 Å². The third-order valence-electron chi connectivity index (χ3n) is 4.44. The Morgan fingerprint density at radius 1 is 1.35 bits per heavy atom. The minimum atomic E-state index is -0.468. The molecule has 7 nitrogen and oxygen atoms in total. The van der Waals surface area contributed by atoms with Crippen molar-refractivity contribution in [1.29, 1.82) is 0 Å². The molecule has 3 rings (SSSR count). The van der Waals surface area contributed by atoms with Crippen LogP contribution in [0.4, 0.5) is 4.79 Å². The highest BCUT2D eigenvalue weighted by atomic mass is 16.6. The average Bonchev–Trinajstić information content (AvgIpc) is 3.23. The first kappa shape index (κ1) is 18.0. The number of hydrogen-bond donors (Lipinski definition) is 0. The van der Waals surface area contributed by atoms with Gasteiger partial charge in [-0.25, -0.2) is 4.79 Å². The van der Waals surface area contributed by atoms with E-state index in [2.05, 4.69) is 5.16 Å². The lowest BCUT2D eigenvalue weighted by molar-refractivity contribution is -0.131. The largest absolute Gasteiger partial charge is 0.447 e. The minimum absolute atomic E-state index is 0.0379. The molecule has 0 N–H and O–H groups in total. The minimum Gasteiger partial charge on any atom is -0.447 e. The molecular weight excluding hydrogens is 334 g/mol. The molecule has 26 heavy (non-hydrogen) atoms. The zero-order valence-corrected chi connectivity index (χ0v) is 15.2. The maximum absolute atomic E-state index is 12.6. The number of carbonyl (C=O) groups is 2. The van der Waals surface area contributed by atoms with Crippen LogP contribution in [-0.2, 0) is 16.1 Å². The van der Waals surface area contributed by atoms with E-state index in [0.717, 1.165) is 11.3 Å². The number of rotatable bonds is 6. The molecule has 1 aromatic carbocycles. The first-order valence-corrected chi connectivity index (χ1v) is 8.63. The molecule has 138 valence electrons. The van der Waals surface area contributed by atoms with Gasteiger partial charge in [-0.2, -0.15) is 0 Å². The van der Waals surface area contributed by atoms with Crippen LogP contribution in [-0.4, -0.2) is 47.2 Å². The van der Waals surface area contributed by atoms with Crippen LogP contribution in [0.1, 0.15) is 42.8 Å². The van der Waals surface area contributed by atoms with Crippen molar-refractivity contribution < 1.29 is 18.8 Å². The third kappa shape index (κ3) is 3.87. The van der Waals surface area contributed by atoms with E-state index in [9.17, 15) is 9.59 Å². The van der Waals surface area contributed by atoms with Crippen LogP contribution < -0.4 is 0 Å². The molecule has 2 aromatic rings. The van der Waals surface area contributed by atoms with Crippen molar-refractivity contribution in [2.75, 3.05) is 20.2 Å². The highest BCUT2D eigenvalue weighted by molar-refractivity contribution is 5.83. The Morgan fingerprint density at radius 2 is 2.08 bits per heavy atom. The smallest absolute Gasteiger partial charge is 0.410 e. The number of aromatic nitrogens is 1. The van der Waals surface area contributed by atoms with Crippen LogP contribution in [0.3, 0.4) is 0 Å². The summed E-state index contributed by atoms with van der Waals surface area (Å²) in [4.78, 5) is 27.6. The molecule has 0 radical (unpaired) electrons. The van der Waals surface area contributed by atoms with Crippen LogP contribution in [0.5, 0.6) is 0 Å². The van der Waals surface area contributed by atoms with E-state index in [-0.39, 0.29) is 31.0 Å². The number of amides is 2. The first-order chi connectivity index (χ1) is 12.5. The Balaban J connectivity index is 1.64. The van der Waals surface area contributed by atoms with Gasteiger partial charge in [-0.1, -0.05) is 49.3 Å². The van der Waals surface area contributed by atoms with Crippen LogP contribution in [0.2, 0.25) is 0 Å². The predicted molar refractivity (Wildman–Crippen MR) is 94.3 cm³/mol. The van der Waals surface area contributed by atoms with Gasteiger partial charge >= 0.3 is 6.09 Å². The van der Waals surface area contributed by atoms with Crippen molar-refractivity contribution in [3.63, 3.8) is 0 Å². The van der Waals surface area contributed by atoms with Crippen molar-refractivity contribution in [1.82, 2.24) is 15.0 Å². The lowest BCUT2D eigenvalue weighted by atomic mass is 10.1. The molecule has 0 bridgehead atoms. The number of benzene rings is 1. The maximum atomic E-state index is 12.6. The Bertz CT molecular complexity index is 772. The monoisotopic (exact) mass is 357 g/mol. The van der Waals surface area contributed by atoms with Gasteiger partial charge in [0.15, 0.2) is 0 Å². The fourth-order valence-electron chi connectivity index (χ4n) is 2.85. The Hall–Kier alpha value is -2.83. The zero-order chi connectivity index (χ0) is 18.7. The normalized spacial score (nSPS) is 16.8. The number of hydrogen-bond acceptors (Lipinski definition) is 5. The van der Waals surface area contributed by atoms with Crippen LogP contribution >= 0.6 is 0 Å². The van der Waals surface area contributed by atoms with E-state index >= 15 is 0 Å². The van der Waals surface area contributed by atoms with Crippen molar-refractivity contribution in [2.45, 2.75) is 32.4 Å². The van der Waals surface area contributed by atoms with E-state index in [1.165, 1.54) is 9.80 Å².